The average molecular weight is 356 g/mol. The van der Waals surface area contributed by atoms with Gasteiger partial charge in [-0.25, -0.2) is 8.42 Å². The number of sulfonamides is 1. The van der Waals surface area contributed by atoms with Crippen molar-refractivity contribution in [2.75, 3.05) is 13.1 Å². The van der Waals surface area contributed by atoms with Crippen LogP contribution in [0, 0.1) is 6.92 Å². The monoisotopic (exact) mass is 356 g/mol. The van der Waals surface area contributed by atoms with Gasteiger partial charge in [0, 0.05) is 5.56 Å². The second-order valence-corrected chi connectivity index (χ2v) is 7.83. The summed E-state index contributed by atoms with van der Waals surface area (Å²) in [6.45, 7) is 5.94. The third kappa shape index (κ3) is 3.81. The number of rotatable bonds is 4. The Kier molecular flexibility index (Phi) is 5.01. The molecule has 0 aliphatic carbocycles. The molecule has 0 saturated heterocycles. The summed E-state index contributed by atoms with van der Waals surface area (Å²) >= 11 is 0. The highest BCUT2D eigenvalue weighted by Gasteiger charge is 2.31. The fourth-order valence-electron chi connectivity index (χ4n) is 2.56. The van der Waals surface area contributed by atoms with Gasteiger partial charge in [-0.2, -0.15) is 4.31 Å². The van der Waals surface area contributed by atoms with E-state index >= 15 is 0 Å². The molecule has 2 aromatic rings. The van der Waals surface area contributed by atoms with Crippen molar-refractivity contribution in [2.24, 2.45) is 5.16 Å². The fraction of sp³-hybridized carbons (Fsp3) is 0.211. The molecule has 0 spiro atoms. The first-order valence-corrected chi connectivity index (χ1v) is 9.42. The largest absolute Gasteiger partial charge is 0.387 e. The van der Waals surface area contributed by atoms with Crippen LogP contribution >= 0.6 is 0 Å². The highest BCUT2D eigenvalue weighted by atomic mass is 32.2. The van der Waals surface area contributed by atoms with Crippen LogP contribution in [0.1, 0.15) is 11.1 Å². The number of oxime groups is 1. The fourth-order valence-corrected chi connectivity index (χ4v) is 3.97. The Bertz CT molecular complexity index is 875. The summed E-state index contributed by atoms with van der Waals surface area (Å²) in [7, 11) is -3.66. The Morgan fingerprint density at radius 2 is 1.84 bits per heavy atom. The van der Waals surface area contributed by atoms with Crippen molar-refractivity contribution in [3.8, 4) is 0 Å². The first-order valence-electron chi connectivity index (χ1n) is 7.98. The smallest absolute Gasteiger partial charge is 0.243 e. The summed E-state index contributed by atoms with van der Waals surface area (Å²) < 4.78 is 27.5. The van der Waals surface area contributed by atoms with Crippen molar-refractivity contribution in [1.82, 2.24) is 4.31 Å². The number of hydrogen-bond acceptors (Lipinski definition) is 4. The molecule has 0 saturated carbocycles. The minimum atomic E-state index is -3.66. The van der Waals surface area contributed by atoms with Gasteiger partial charge in [-0.1, -0.05) is 59.8 Å². The second-order valence-electron chi connectivity index (χ2n) is 5.89. The molecule has 0 N–H and O–H groups in total. The molecule has 2 aromatic carbocycles. The predicted octanol–water partition coefficient (Wildman–Crippen LogP) is 2.97. The lowest BCUT2D eigenvalue weighted by Crippen LogP contribution is -2.38. The van der Waals surface area contributed by atoms with Crippen molar-refractivity contribution in [1.29, 1.82) is 0 Å². The zero-order chi connectivity index (χ0) is 17.9. The Morgan fingerprint density at radius 3 is 2.48 bits per heavy atom. The normalized spacial score (nSPS) is 18.8. The highest BCUT2D eigenvalue weighted by Crippen LogP contribution is 2.20. The van der Waals surface area contributed by atoms with Gasteiger partial charge in [0.05, 0.1) is 18.0 Å². The van der Waals surface area contributed by atoms with Crippen LogP contribution in [0.15, 0.2) is 77.3 Å². The average Bonchev–Trinajstić information content (AvgIpc) is 2.86. The molecule has 0 bridgehead atoms. The van der Waals surface area contributed by atoms with Gasteiger partial charge >= 0.3 is 0 Å². The summed E-state index contributed by atoms with van der Waals surface area (Å²) in [4.78, 5) is 5.72. The van der Waals surface area contributed by atoms with E-state index in [-0.39, 0.29) is 18.0 Å². The van der Waals surface area contributed by atoms with Crippen LogP contribution in [0.5, 0.6) is 0 Å². The van der Waals surface area contributed by atoms with E-state index in [1.54, 1.807) is 30.3 Å². The van der Waals surface area contributed by atoms with Gasteiger partial charge in [0.25, 0.3) is 0 Å². The van der Waals surface area contributed by atoms with Crippen LogP contribution in [0.3, 0.4) is 0 Å². The molecule has 0 amide bonds. The van der Waals surface area contributed by atoms with E-state index in [1.165, 1.54) is 4.31 Å². The van der Waals surface area contributed by atoms with Gasteiger partial charge in [0.1, 0.15) is 5.71 Å². The third-order valence-electron chi connectivity index (χ3n) is 4.04. The number of nitrogens with zero attached hydrogens (tertiary/aromatic N) is 2. The molecule has 3 rings (SSSR count). The lowest BCUT2D eigenvalue weighted by Gasteiger charge is -2.22. The summed E-state index contributed by atoms with van der Waals surface area (Å²) in [5.74, 6) is 0. The van der Waals surface area contributed by atoms with Crippen LogP contribution < -0.4 is 0 Å². The van der Waals surface area contributed by atoms with Gasteiger partial charge in [0.2, 0.25) is 10.0 Å². The van der Waals surface area contributed by atoms with E-state index in [2.05, 4.69) is 11.7 Å². The number of benzene rings is 2. The predicted molar refractivity (Wildman–Crippen MR) is 98.0 cm³/mol. The summed E-state index contributed by atoms with van der Waals surface area (Å²) in [5.41, 5.74) is 2.41. The van der Waals surface area contributed by atoms with Crippen molar-refractivity contribution in [2.45, 2.75) is 17.9 Å². The first kappa shape index (κ1) is 17.4. The molecular weight excluding hydrogens is 336 g/mol. The van der Waals surface area contributed by atoms with Crippen LogP contribution in [0.2, 0.25) is 0 Å². The molecule has 5 nitrogen and oxygen atoms in total. The summed E-state index contributed by atoms with van der Waals surface area (Å²) in [6.07, 6.45) is 1.07. The molecular formula is C19H20N2O3S. The van der Waals surface area contributed by atoms with Crippen molar-refractivity contribution in [3.63, 3.8) is 0 Å². The molecule has 130 valence electrons. The maximum absolute atomic E-state index is 13.1. The second kappa shape index (κ2) is 7.21. The maximum Gasteiger partial charge on any atom is 0.243 e. The molecule has 6 heteroatoms. The van der Waals surface area contributed by atoms with Gasteiger partial charge in [0.15, 0.2) is 6.10 Å². The Labute approximate surface area is 148 Å². The number of hydrogen-bond donors (Lipinski definition) is 0. The Hall–Kier alpha value is -2.44. The lowest BCUT2D eigenvalue weighted by atomic mass is 10.1. The van der Waals surface area contributed by atoms with Crippen LogP contribution in [-0.4, -0.2) is 37.6 Å². The molecule has 1 heterocycles. The zero-order valence-electron chi connectivity index (χ0n) is 14.0. The van der Waals surface area contributed by atoms with E-state index in [1.807, 2.05) is 37.3 Å². The van der Waals surface area contributed by atoms with E-state index in [0.29, 0.717) is 5.71 Å². The number of aryl methyl sites for hydroxylation is 1. The minimum Gasteiger partial charge on any atom is -0.387 e. The zero-order valence-corrected chi connectivity index (χ0v) is 14.8. The molecule has 0 aromatic heterocycles. The Morgan fingerprint density at radius 1 is 1.16 bits per heavy atom. The molecule has 0 fully saturated rings. The maximum atomic E-state index is 13.1. The third-order valence-corrected chi connectivity index (χ3v) is 5.86. The first-order chi connectivity index (χ1) is 12.0. The summed E-state index contributed by atoms with van der Waals surface area (Å²) in [6, 6.07) is 16.3. The van der Waals surface area contributed by atoms with Crippen molar-refractivity contribution < 1.29 is 13.3 Å². The Balaban J connectivity index is 1.97. The molecule has 1 aliphatic rings. The molecule has 0 radical (unpaired) electrons. The van der Waals surface area contributed by atoms with Gasteiger partial charge < -0.3 is 4.84 Å². The topological polar surface area (TPSA) is 59.0 Å². The van der Waals surface area contributed by atoms with Gasteiger partial charge in [-0.05, 0) is 25.1 Å². The lowest BCUT2D eigenvalue weighted by molar-refractivity contribution is 0.0886. The quantitative estimate of drug-likeness (QED) is 0.792. The van der Waals surface area contributed by atoms with E-state index < -0.39 is 16.1 Å². The van der Waals surface area contributed by atoms with Crippen molar-refractivity contribution >= 4 is 15.7 Å². The van der Waals surface area contributed by atoms with Gasteiger partial charge in [-0.15, -0.1) is 0 Å². The van der Waals surface area contributed by atoms with E-state index in [9.17, 15) is 8.42 Å². The molecule has 25 heavy (non-hydrogen) atoms. The molecule has 0 unspecified atom stereocenters. The highest BCUT2D eigenvalue weighted by molar-refractivity contribution is 7.89. The van der Waals surface area contributed by atoms with Gasteiger partial charge in [-0.3, -0.25) is 0 Å². The van der Waals surface area contributed by atoms with Crippen LogP contribution in [0.4, 0.5) is 0 Å². The van der Waals surface area contributed by atoms with Crippen molar-refractivity contribution in [3.05, 3.63) is 78.4 Å². The van der Waals surface area contributed by atoms with E-state index in [4.69, 9.17) is 4.84 Å². The SMILES string of the molecule is C=C[C@H]1CN(S(=O)(=O)c2ccc(C)cc2)CC(c2ccccc2)=NO1. The molecule has 1 atom stereocenters. The minimum absolute atomic E-state index is 0.143. The van der Waals surface area contributed by atoms with Crippen LogP contribution in [0.25, 0.3) is 0 Å². The van der Waals surface area contributed by atoms with Crippen LogP contribution in [-0.2, 0) is 14.9 Å². The van der Waals surface area contributed by atoms with E-state index in [0.717, 1.165) is 11.1 Å². The molecule has 1 aliphatic heterocycles. The standard InChI is InChI=1S/C19H20N2O3S/c1-3-17-13-21(25(22,23)18-11-9-15(2)10-12-18)14-19(20-24-17)16-7-5-4-6-8-16/h3-12,17H,1,13-14H2,2H3/t17-/m0/s1. The summed E-state index contributed by atoms with van der Waals surface area (Å²) in [5, 5.41) is 4.16.